The summed E-state index contributed by atoms with van der Waals surface area (Å²) in [5, 5.41) is 3.47. The maximum atomic E-state index is 12.2. The van der Waals surface area contributed by atoms with Crippen molar-refractivity contribution in [3.8, 4) is 0 Å². The summed E-state index contributed by atoms with van der Waals surface area (Å²) in [5.41, 5.74) is 0.418. The quantitative estimate of drug-likeness (QED) is 0.838. The molecule has 0 aliphatic heterocycles. The Bertz CT molecular complexity index is 542. The normalized spacial score (nSPS) is 31.3. The van der Waals surface area contributed by atoms with Gasteiger partial charge in [-0.05, 0) is 37.2 Å². The van der Waals surface area contributed by atoms with E-state index in [1.54, 1.807) is 12.3 Å². The number of hydrogen-bond donors (Lipinski definition) is 2. The zero-order chi connectivity index (χ0) is 14.3. The molecule has 4 unspecified atom stereocenters. The molecule has 6 heteroatoms. The van der Waals surface area contributed by atoms with Crippen molar-refractivity contribution in [2.75, 3.05) is 7.11 Å². The first kappa shape index (κ1) is 13.5. The van der Waals surface area contributed by atoms with E-state index in [4.69, 9.17) is 16.3 Å². The number of aromatic nitrogens is 1. The van der Waals surface area contributed by atoms with Crippen LogP contribution < -0.4 is 5.32 Å². The topological polar surface area (TPSA) is 71.2 Å². The third-order valence-corrected chi connectivity index (χ3v) is 4.80. The standard InChI is InChI=1S/C14H17ClN2O3/c1-20-14(19)11-7-2-3-8(4-7)12(11)17-13(18)10-5-9(15)6-16-10/h5-8,11-12,16H,2-4H2,1H3,(H,17,18). The second kappa shape index (κ2) is 5.13. The molecule has 5 nitrogen and oxygen atoms in total. The highest BCUT2D eigenvalue weighted by molar-refractivity contribution is 6.30. The van der Waals surface area contributed by atoms with Gasteiger partial charge in [-0.2, -0.15) is 0 Å². The van der Waals surface area contributed by atoms with Gasteiger partial charge in [-0.1, -0.05) is 11.6 Å². The maximum Gasteiger partial charge on any atom is 0.311 e. The molecule has 2 aliphatic carbocycles. The fraction of sp³-hybridized carbons (Fsp3) is 0.571. The third kappa shape index (κ3) is 2.20. The SMILES string of the molecule is COC(=O)C1C2CCC(C2)C1NC(=O)c1cc(Cl)c[nH]1. The van der Waals surface area contributed by atoms with Crippen molar-refractivity contribution in [3.05, 3.63) is 23.0 Å². The number of hydrogen-bond acceptors (Lipinski definition) is 3. The van der Waals surface area contributed by atoms with Crippen molar-refractivity contribution in [1.82, 2.24) is 10.3 Å². The van der Waals surface area contributed by atoms with Gasteiger partial charge in [0.15, 0.2) is 0 Å². The van der Waals surface area contributed by atoms with Crippen LogP contribution in [-0.4, -0.2) is 30.0 Å². The second-order valence-electron chi connectivity index (χ2n) is 5.61. The molecule has 0 radical (unpaired) electrons. The number of esters is 1. The number of halogens is 1. The van der Waals surface area contributed by atoms with E-state index < -0.39 is 0 Å². The van der Waals surface area contributed by atoms with Crippen LogP contribution in [0.15, 0.2) is 12.3 Å². The molecule has 20 heavy (non-hydrogen) atoms. The fourth-order valence-corrected chi connectivity index (χ4v) is 3.87. The number of carbonyl (C=O) groups excluding carboxylic acids is 2. The minimum absolute atomic E-state index is 0.129. The molecule has 2 saturated carbocycles. The first-order valence-electron chi connectivity index (χ1n) is 6.82. The lowest BCUT2D eigenvalue weighted by molar-refractivity contribution is -0.148. The molecule has 1 amide bonds. The van der Waals surface area contributed by atoms with Crippen LogP contribution in [0.25, 0.3) is 0 Å². The first-order valence-corrected chi connectivity index (χ1v) is 7.20. The number of H-pyrrole nitrogens is 1. The Balaban J connectivity index is 1.75. The lowest BCUT2D eigenvalue weighted by atomic mass is 9.84. The van der Waals surface area contributed by atoms with Crippen molar-refractivity contribution in [3.63, 3.8) is 0 Å². The van der Waals surface area contributed by atoms with Crippen LogP contribution in [0.4, 0.5) is 0 Å². The van der Waals surface area contributed by atoms with E-state index in [0.29, 0.717) is 22.6 Å². The predicted octanol–water partition coefficient (Wildman–Crippen LogP) is 1.99. The van der Waals surface area contributed by atoms with Gasteiger partial charge in [0.1, 0.15) is 5.69 Å². The van der Waals surface area contributed by atoms with Crippen molar-refractivity contribution in [1.29, 1.82) is 0 Å². The van der Waals surface area contributed by atoms with Crippen LogP contribution in [0.5, 0.6) is 0 Å². The molecule has 4 atom stereocenters. The third-order valence-electron chi connectivity index (χ3n) is 4.58. The Morgan fingerprint density at radius 2 is 2.15 bits per heavy atom. The Morgan fingerprint density at radius 3 is 2.80 bits per heavy atom. The molecule has 1 heterocycles. The summed E-state index contributed by atoms with van der Waals surface area (Å²) < 4.78 is 4.89. The zero-order valence-electron chi connectivity index (χ0n) is 11.2. The Labute approximate surface area is 122 Å². The molecule has 0 saturated heterocycles. The molecule has 108 valence electrons. The van der Waals surface area contributed by atoms with Crippen molar-refractivity contribution >= 4 is 23.5 Å². The molecule has 1 aromatic rings. The van der Waals surface area contributed by atoms with Crippen LogP contribution >= 0.6 is 11.6 Å². The van der Waals surface area contributed by atoms with E-state index in [1.807, 2.05) is 0 Å². The van der Waals surface area contributed by atoms with Gasteiger partial charge in [0.05, 0.1) is 18.1 Å². The first-order chi connectivity index (χ1) is 9.60. The van der Waals surface area contributed by atoms with Crippen LogP contribution in [0.2, 0.25) is 5.02 Å². The molecule has 2 aliphatic rings. The molecule has 3 rings (SSSR count). The number of nitrogens with one attached hydrogen (secondary N) is 2. The second-order valence-corrected chi connectivity index (χ2v) is 6.05. The van der Waals surface area contributed by atoms with Crippen molar-refractivity contribution < 1.29 is 14.3 Å². The smallest absolute Gasteiger partial charge is 0.311 e. The minimum Gasteiger partial charge on any atom is -0.469 e. The van der Waals surface area contributed by atoms with E-state index in [-0.39, 0.29) is 23.8 Å². The molecule has 2 fully saturated rings. The number of aromatic amines is 1. The van der Waals surface area contributed by atoms with Crippen LogP contribution in [0, 0.1) is 17.8 Å². The molecular formula is C14H17ClN2O3. The Kier molecular flexibility index (Phi) is 3.46. The van der Waals surface area contributed by atoms with Gasteiger partial charge in [-0.15, -0.1) is 0 Å². The molecule has 0 spiro atoms. The van der Waals surface area contributed by atoms with Crippen LogP contribution in [0.3, 0.4) is 0 Å². The summed E-state index contributed by atoms with van der Waals surface area (Å²) in [6.45, 7) is 0. The number of methoxy groups -OCH3 is 1. The van der Waals surface area contributed by atoms with Gasteiger partial charge in [0, 0.05) is 12.2 Å². The summed E-state index contributed by atoms with van der Waals surface area (Å²) in [6, 6.07) is 1.45. The monoisotopic (exact) mass is 296 g/mol. The van der Waals surface area contributed by atoms with Gasteiger partial charge in [-0.3, -0.25) is 9.59 Å². The summed E-state index contributed by atoms with van der Waals surface area (Å²) >= 11 is 5.80. The van der Waals surface area contributed by atoms with E-state index >= 15 is 0 Å². The van der Waals surface area contributed by atoms with Gasteiger partial charge in [0.25, 0.3) is 5.91 Å². The van der Waals surface area contributed by atoms with Gasteiger partial charge in [0.2, 0.25) is 0 Å². The highest BCUT2D eigenvalue weighted by Gasteiger charge is 2.52. The summed E-state index contributed by atoms with van der Waals surface area (Å²) in [7, 11) is 1.40. The summed E-state index contributed by atoms with van der Waals surface area (Å²) in [4.78, 5) is 26.9. The Hall–Kier alpha value is -1.49. The van der Waals surface area contributed by atoms with Crippen LogP contribution in [0.1, 0.15) is 29.8 Å². The fourth-order valence-electron chi connectivity index (χ4n) is 3.70. The van der Waals surface area contributed by atoms with Crippen molar-refractivity contribution in [2.45, 2.75) is 25.3 Å². The molecule has 2 bridgehead atoms. The van der Waals surface area contributed by atoms with E-state index in [1.165, 1.54) is 7.11 Å². The zero-order valence-corrected chi connectivity index (χ0v) is 11.9. The predicted molar refractivity (Wildman–Crippen MR) is 73.4 cm³/mol. The molecule has 2 N–H and O–H groups in total. The summed E-state index contributed by atoms with van der Waals surface area (Å²) in [6.07, 6.45) is 4.67. The number of ether oxygens (including phenoxy) is 1. The van der Waals surface area contributed by atoms with E-state index in [9.17, 15) is 9.59 Å². The number of fused-ring (bicyclic) bond motifs is 2. The lowest BCUT2D eigenvalue weighted by Gasteiger charge is -2.29. The number of amides is 1. The maximum absolute atomic E-state index is 12.2. The minimum atomic E-state index is -0.219. The van der Waals surface area contributed by atoms with E-state index in [2.05, 4.69) is 10.3 Å². The average molecular weight is 297 g/mol. The lowest BCUT2D eigenvalue weighted by Crippen LogP contribution is -2.47. The van der Waals surface area contributed by atoms with Crippen molar-refractivity contribution in [2.24, 2.45) is 17.8 Å². The van der Waals surface area contributed by atoms with E-state index in [0.717, 1.165) is 19.3 Å². The molecular weight excluding hydrogens is 280 g/mol. The molecule has 1 aromatic heterocycles. The average Bonchev–Trinajstić information content (AvgIpc) is 3.13. The largest absolute Gasteiger partial charge is 0.469 e. The molecule has 0 aromatic carbocycles. The highest BCUT2D eigenvalue weighted by atomic mass is 35.5. The Morgan fingerprint density at radius 1 is 1.40 bits per heavy atom. The van der Waals surface area contributed by atoms with Gasteiger partial charge < -0.3 is 15.0 Å². The summed E-state index contributed by atoms with van der Waals surface area (Å²) in [5.74, 6) is 0.0620. The number of carbonyl (C=O) groups is 2. The van der Waals surface area contributed by atoms with Gasteiger partial charge in [-0.25, -0.2) is 0 Å². The highest BCUT2D eigenvalue weighted by Crippen LogP contribution is 2.49. The number of rotatable bonds is 3. The van der Waals surface area contributed by atoms with Crippen LogP contribution in [-0.2, 0) is 9.53 Å². The van der Waals surface area contributed by atoms with Gasteiger partial charge >= 0.3 is 5.97 Å².